The SMILES string of the molecule is Cn1ncc(C2CCC2)c1CNC(=O)C1C[C@@H]2C[C@H](N)[C@@H]2C1. The van der Waals surface area contributed by atoms with Crippen molar-refractivity contribution >= 4 is 5.91 Å². The van der Waals surface area contributed by atoms with Crippen molar-refractivity contribution in [1.82, 2.24) is 15.1 Å². The Hall–Kier alpha value is -1.36. The highest BCUT2D eigenvalue weighted by molar-refractivity contribution is 5.79. The van der Waals surface area contributed by atoms with E-state index in [-0.39, 0.29) is 11.8 Å². The number of nitrogens with zero attached hydrogens (tertiary/aromatic N) is 2. The first kappa shape index (κ1) is 14.2. The molecule has 0 bridgehead atoms. The molecule has 3 aliphatic rings. The fourth-order valence-corrected chi connectivity index (χ4v) is 4.57. The van der Waals surface area contributed by atoms with Crippen molar-refractivity contribution in [1.29, 1.82) is 0 Å². The Morgan fingerprint density at radius 3 is 2.86 bits per heavy atom. The number of nitrogens with one attached hydrogen (secondary N) is 1. The Kier molecular flexibility index (Phi) is 3.48. The summed E-state index contributed by atoms with van der Waals surface area (Å²) in [5, 5.41) is 7.54. The van der Waals surface area contributed by atoms with E-state index in [4.69, 9.17) is 5.73 Å². The molecule has 0 aliphatic heterocycles. The van der Waals surface area contributed by atoms with E-state index >= 15 is 0 Å². The summed E-state index contributed by atoms with van der Waals surface area (Å²) in [5.74, 6) is 2.33. The molecule has 1 aromatic rings. The Morgan fingerprint density at radius 2 is 2.23 bits per heavy atom. The highest BCUT2D eigenvalue weighted by Gasteiger charge is 2.47. The van der Waals surface area contributed by atoms with Crippen LogP contribution in [0.4, 0.5) is 0 Å². The Bertz CT molecular complexity index is 577. The standard InChI is InChI=1S/C17H26N4O/c1-21-16(14(8-20-21)10-3-2-4-10)9-19-17(22)12-5-11-7-15(18)13(11)6-12/h8,10-13,15H,2-7,9,18H2,1H3,(H,19,22)/t11-,12?,13-,15+/m1/s1. The molecule has 0 aromatic carbocycles. The fraction of sp³-hybridized carbons (Fsp3) is 0.765. The zero-order chi connectivity index (χ0) is 15.3. The van der Waals surface area contributed by atoms with Gasteiger partial charge in [-0.2, -0.15) is 5.10 Å². The lowest BCUT2D eigenvalue weighted by Gasteiger charge is -2.37. The van der Waals surface area contributed by atoms with Gasteiger partial charge in [0.25, 0.3) is 0 Å². The largest absolute Gasteiger partial charge is 0.350 e. The van der Waals surface area contributed by atoms with Crippen molar-refractivity contribution in [2.24, 2.45) is 30.5 Å². The van der Waals surface area contributed by atoms with Crippen LogP contribution in [0, 0.1) is 17.8 Å². The Balaban J connectivity index is 1.36. The number of hydrogen-bond donors (Lipinski definition) is 2. The van der Waals surface area contributed by atoms with Crippen LogP contribution in [0.25, 0.3) is 0 Å². The van der Waals surface area contributed by atoms with E-state index in [1.165, 1.54) is 30.5 Å². The molecule has 0 spiro atoms. The third kappa shape index (κ3) is 2.26. The average Bonchev–Trinajstić information content (AvgIpc) is 2.96. The monoisotopic (exact) mass is 302 g/mol. The maximum Gasteiger partial charge on any atom is 0.223 e. The molecule has 3 N–H and O–H groups in total. The number of hydrogen-bond acceptors (Lipinski definition) is 3. The number of rotatable bonds is 4. The van der Waals surface area contributed by atoms with E-state index < -0.39 is 0 Å². The molecular weight excluding hydrogens is 276 g/mol. The third-order valence-electron chi connectivity index (χ3n) is 6.31. The summed E-state index contributed by atoms with van der Waals surface area (Å²) in [7, 11) is 1.97. The van der Waals surface area contributed by atoms with Crippen LogP contribution >= 0.6 is 0 Å². The summed E-state index contributed by atoms with van der Waals surface area (Å²) in [6, 6.07) is 0.338. The maximum absolute atomic E-state index is 12.5. The number of amides is 1. The number of fused-ring (bicyclic) bond motifs is 1. The zero-order valence-electron chi connectivity index (χ0n) is 13.3. The van der Waals surface area contributed by atoms with Gasteiger partial charge in [0.1, 0.15) is 0 Å². The van der Waals surface area contributed by atoms with Crippen molar-refractivity contribution in [3.05, 3.63) is 17.5 Å². The van der Waals surface area contributed by atoms with Gasteiger partial charge >= 0.3 is 0 Å². The second-order valence-corrected chi connectivity index (χ2v) is 7.51. The molecule has 3 fully saturated rings. The van der Waals surface area contributed by atoms with Gasteiger partial charge in [0, 0.05) is 19.0 Å². The predicted molar refractivity (Wildman–Crippen MR) is 83.9 cm³/mol. The second-order valence-electron chi connectivity index (χ2n) is 7.51. The maximum atomic E-state index is 12.5. The molecular formula is C17H26N4O. The summed E-state index contributed by atoms with van der Waals surface area (Å²) in [5.41, 5.74) is 8.54. The molecule has 4 atom stereocenters. The molecule has 120 valence electrons. The van der Waals surface area contributed by atoms with Crippen LogP contribution in [0.1, 0.15) is 55.7 Å². The van der Waals surface area contributed by atoms with Crippen molar-refractivity contribution in [2.45, 2.75) is 57.0 Å². The Labute approximate surface area is 131 Å². The summed E-state index contributed by atoms with van der Waals surface area (Å²) in [4.78, 5) is 12.5. The summed E-state index contributed by atoms with van der Waals surface area (Å²) < 4.78 is 1.92. The molecule has 0 saturated heterocycles. The van der Waals surface area contributed by atoms with Crippen molar-refractivity contribution in [3.63, 3.8) is 0 Å². The van der Waals surface area contributed by atoms with E-state index in [0.29, 0.717) is 30.3 Å². The van der Waals surface area contributed by atoms with E-state index in [2.05, 4.69) is 10.4 Å². The van der Waals surface area contributed by atoms with Crippen molar-refractivity contribution in [2.75, 3.05) is 0 Å². The summed E-state index contributed by atoms with van der Waals surface area (Å²) in [6.45, 7) is 0.610. The molecule has 5 heteroatoms. The quantitative estimate of drug-likeness (QED) is 0.888. The van der Waals surface area contributed by atoms with E-state index in [1.54, 1.807) is 0 Å². The van der Waals surface area contributed by atoms with Crippen molar-refractivity contribution in [3.8, 4) is 0 Å². The van der Waals surface area contributed by atoms with Crippen LogP contribution in [-0.2, 0) is 18.4 Å². The highest BCUT2D eigenvalue weighted by atomic mass is 16.1. The molecule has 1 aromatic heterocycles. The van der Waals surface area contributed by atoms with Gasteiger partial charge in [0.05, 0.1) is 18.4 Å². The van der Waals surface area contributed by atoms with E-state index in [0.717, 1.165) is 19.3 Å². The molecule has 0 radical (unpaired) electrons. The topological polar surface area (TPSA) is 72.9 Å². The molecule has 5 nitrogen and oxygen atoms in total. The average molecular weight is 302 g/mol. The van der Waals surface area contributed by atoms with Crippen LogP contribution < -0.4 is 11.1 Å². The minimum absolute atomic E-state index is 0.170. The third-order valence-corrected chi connectivity index (χ3v) is 6.31. The predicted octanol–water partition coefficient (Wildman–Crippen LogP) is 1.68. The second kappa shape index (κ2) is 5.37. The molecule has 1 amide bonds. The van der Waals surface area contributed by atoms with E-state index in [9.17, 15) is 4.79 Å². The number of aromatic nitrogens is 2. The lowest BCUT2D eigenvalue weighted by Crippen LogP contribution is -2.44. The van der Waals surface area contributed by atoms with Crippen LogP contribution in [0.15, 0.2) is 6.20 Å². The lowest BCUT2D eigenvalue weighted by atomic mass is 9.72. The lowest BCUT2D eigenvalue weighted by molar-refractivity contribution is -0.125. The van der Waals surface area contributed by atoms with Crippen LogP contribution in [0.3, 0.4) is 0 Å². The smallest absolute Gasteiger partial charge is 0.223 e. The minimum Gasteiger partial charge on any atom is -0.350 e. The summed E-state index contributed by atoms with van der Waals surface area (Å²) >= 11 is 0. The highest BCUT2D eigenvalue weighted by Crippen LogP contribution is 2.48. The molecule has 4 rings (SSSR count). The van der Waals surface area contributed by atoms with E-state index in [1.807, 2.05) is 17.9 Å². The summed E-state index contributed by atoms with van der Waals surface area (Å²) in [6.07, 6.45) is 8.95. The van der Waals surface area contributed by atoms with Gasteiger partial charge in [-0.05, 0) is 55.4 Å². The van der Waals surface area contributed by atoms with Gasteiger partial charge in [0.15, 0.2) is 0 Å². The van der Waals surface area contributed by atoms with Crippen molar-refractivity contribution < 1.29 is 4.79 Å². The van der Waals surface area contributed by atoms with Crippen LogP contribution in [-0.4, -0.2) is 21.7 Å². The zero-order valence-corrected chi connectivity index (χ0v) is 13.3. The van der Waals surface area contributed by atoms with Gasteiger partial charge in [-0.1, -0.05) is 6.42 Å². The molecule has 3 aliphatic carbocycles. The first-order valence-corrected chi connectivity index (χ1v) is 8.67. The normalized spacial score (nSPS) is 33.9. The van der Waals surface area contributed by atoms with Gasteiger partial charge in [0.2, 0.25) is 5.91 Å². The van der Waals surface area contributed by atoms with Crippen LogP contribution in [0.2, 0.25) is 0 Å². The molecule has 1 unspecified atom stereocenters. The Morgan fingerprint density at radius 1 is 1.41 bits per heavy atom. The minimum atomic E-state index is 0.170. The van der Waals surface area contributed by atoms with Gasteiger partial charge in [-0.3, -0.25) is 9.48 Å². The molecule has 22 heavy (non-hydrogen) atoms. The first-order valence-electron chi connectivity index (χ1n) is 8.67. The number of nitrogens with two attached hydrogens (primary N) is 1. The fourth-order valence-electron chi connectivity index (χ4n) is 4.57. The van der Waals surface area contributed by atoms with Crippen LogP contribution in [0.5, 0.6) is 0 Å². The van der Waals surface area contributed by atoms with Gasteiger partial charge in [-0.25, -0.2) is 0 Å². The number of aryl methyl sites for hydroxylation is 1. The first-order chi connectivity index (χ1) is 10.6. The number of carbonyl (C=O) groups excluding carboxylic acids is 1. The molecule has 3 saturated carbocycles. The molecule has 1 heterocycles. The van der Waals surface area contributed by atoms with Gasteiger partial charge in [-0.15, -0.1) is 0 Å². The number of carbonyl (C=O) groups is 1. The van der Waals surface area contributed by atoms with Gasteiger partial charge < -0.3 is 11.1 Å².